The number of benzene rings is 1. The summed E-state index contributed by atoms with van der Waals surface area (Å²) in [5, 5.41) is 8.96. The van der Waals surface area contributed by atoms with Gasteiger partial charge in [0.15, 0.2) is 0 Å². The van der Waals surface area contributed by atoms with Gasteiger partial charge in [0, 0.05) is 36.4 Å². The molecule has 29 heavy (non-hydrogen) atoms. The fraction of sp³-hybridized carbons (Fsp3) is 0.227. The van der Waals surface area contributed by atoms with Gasteiger partial charge in [-0.1, -0.05) is 18.1 Å². The minimum absolute atomic E-state index is 0.356. The number of aromatic nitrogens is 5. The second kappa shape index (κ2) is 8.15. The lowest BCUT2D eigenvalue weighted by Crippen LogP contribution is -2.22. The molecule has 0 unspecified atom stereocenters. The van der Waals surface area contributed by atoms with Crippen LogP contribution in [0.1, 0.15) is 23.9 Å². The summed E-state index contributed by atoms with van der Waals surface area (Å²) in [5.74, 6) is 5.84. The molecular formula is C22H21FN6. The van der Waals surface area contributed by atoms with Gasteiger partial charge in [-0.05, 0) is 48.7 Å². The van der Waals surface area contributed by atoms with Crippen molar-refractivity contribution < 1.29 is 4.39 Å². The van der Waals surface area contributed by atoms with Gasteiger partial charge in [0.2, 0.25) is 0 Å². The maximum atomic E-state index is 13.2. The van der Waals surface area contributed by atoms with E-state index in [0.29, 0.717) is 16.7 Å². The number of hydrogen-bond donors (Lipinski definition) is 1. The second-order valence-corrected chi connectivity index (χ2v) is 6.82. The highest BCUT2D eigenvalue weighted by Gasteiger charge is 2.04. The van der Waals surface area contributed by atoms with Crippen molar-refractivity contribution in [2.75, 3.05) is 18.5 Å². The summed E-state index contributed by atoms with van der Waals surface area (Å²) in [7, 11) is 2.05. The fourth-order valence-corrected chi connectivity index (χ4v) is 2.99. The van der Waals surface area contributed by atoms with Crippen molar-refractivity contribution in [3.63, 3.8) is 0 Å². The highest BCUT2D eigenvalue weighted by molar-refractivity contribution is 5.77. The highest BCUT2D eigenvalue weighted by atomic mass is 19.1. The monoisotopic (exact) mass is 388 g/mol. The molecule has 0 amide bonds. The first-order valence-corrected chi connectivity index (χ1v) is 9.47. The molecular weight excluding hydrogens is 367 g/mol. The molecule has 0 saturated carbocycles. The van der Waals surface area contributed by atoms with Crippen LogP contribution in [0.5, 0.6) is 0 Å². The minimum atomic E-state index is -0.356. The van der Waals surface area contributed by atoms with Gasteiger partial charge in [-0.3, -0.25) is 4.68 Å². The first kappa shape index (κ1) is 18.7. The Balaban J connectivity index is 1.40. The maximum absolute atomic E-state index is 13.2. The van der Waals surface area contributed by atoms with Crippen molar-refractivity contribution in [3.05, 3.63) is 71.6 Å². The predicted molar refractivity (Wildman–Crippen MR) is 111 cm³/mol. The van der Waals surface area contributed by atoms with Crippen LogP contribution >= 0.6 is 0 Å². The number of nitrogens with one attached hydrogen (secondary N) is 1. The number of fused-ring (bicyclic) bond motifs is 1. The topological polar surface area (TPSA) is 62.6 Å². The lowest BCUT2D eigenvalue weighted by atomic mass is 10.2. The van der Waals surface area contributed by atoms with Crippen LogP contribution in [0.2, 0.25) is 0 Å². The van der Waals surface area contributed by atoms with Crippen LogP contribution in [-0.4, -0.2) is 38.6 Å². The van der Waals surface area contributed by atoms with E-state index in [2.05, 4.69) is 51.0 Å². The minimum Gasteiger partial charge on any atom is -0.373 e. The van der Waals surface area contributed by atoms with Gasteiger partial charge in [0.1, 0.15) is 11.5 Å². The summed E-state index contributed by atoms with van der Waals surface area (Å²) >= 11 is 0. The molecule has 3 heterocycles. The van der Waals surface area contributed by atoms with Crippen LogP contribution in [0.25, 0.3) is 11.0 Å². The van der Waals surface area contributed by atoms with Crippen molar-refractivity contribution >= 4 is 16.7 Å². The Bertz CT molecular complexity index is 1180. The smallest absolute Gasteiger partial charge is 0.142 e. The average molecular weight is 388 g/mol. The molecule has 0 aliphatic heterocycles. The zero-order valence-electron chi connectivity index (χ0n) is 16.4. The quantitative estimate of drug-likeness (QED) is 0.533. The molecule has 6 nitrogen and oxygen atoms in total. The Hall–Kier alpha value is -3.66. The Labute approximate surface area is 168 Å². The fourth-order valence-electron chi connectivity index (χ4n) is 2.99. The number of aryl methyl sites for hydroxylation is 1. The normalized spacial score (nSPS) is 10.7. The van der Waals surface area contributed by atoms with E-state index in [-0.39, 0.29) is 5.82 Å². The van der Waals surface area contributed by atoms with Crippen LogP contribution < -0.4 is 4.90 Å². The predicted octanol–water partition coefficient (Wildman–Crippen LogP) is 3.39. The Morgan fingerprint density at radius 3 is 2.76 bits per heavy atom. The third kappa shape index (κ3) is 4.43. The van der Waals surface area contributed by atoms with Crippen LogP contribution in [0.15, 0.2) is 48.8 Å². The molecule has 0 bridgehead atoms. The summed E-state index contributed by atoms with van der Waals surface area (Å²) in [5.41, 5.74) is 4.36. The van der Waals surface area contributed by atoms with E-state index in [4.69, 9.17) is 0 Å². The number of likely N-dealkylation sites (N-methyl/N-ethyl adjacent to an activating group) is 1. The molecule has 1 aromatic carbocycles. The molecule has 1 N–H and O–H groups in total. The Kier molecular flexibility index (Phi) is 5.25. The molecule has 0 spiro atoms. The van der Waals surface area contributed by atoms with Crippen LogP contribution in [-0.2, 0) is 13.0 Å². The molecule has 0 aliphatic rings. The zero-order valence-corrected chi connectivity index (χ0v) is 16.4. The van der Waals surface area contributed by atoms with Gasteiger partial charge in [0.05, 0.1) is 24.1 Å². The van der Waals surface area contributed by atoms with E-state index in [1.54, 1.807) is 6.07 Å². The first-order valence-electron chi connectivity index (χ1n) is 9.47. The number of aromatic amines is 1. The highest BCUT2D eigenvalue weighted by Crippen LogP contribution is 2.15. The summed E-state index contributed by atoms with van der Waals surface area (Å²) in [4.78, 5) is 9.28. The summed E-state index contributed by atoms with van der Waals surface area (Å²) < 4.78 is 15.1. The molecule has 3 aromatic heterocycles. The van der Waals surface area contributed by atoms with Gasteiger partial charge in [-0.2, -0.15) is 0 Å². The van der Waals surface area contributed by atoms with Crippen molar-refractivity contribution in [1.82, 2.24) is 25.0 Å². The molecule has 0 aliphatic carbocycles. The SMILES string of the molecule is CCc1cn(CCN(C)c2ccc(C#Cc3cc4cc(F)cnc4[nH]3)cc2)nn1. The summed E-state index contributed by atoms with van der Waals surface area (Å²) in [6, 6.07) is 11.3. The number of H-pyrrole nitrogens is 1. The number of pyridine rings is 1. The molecule has 0 atom stereocenters. The number of rotatable bonds is 5. The average Bonchev–Trinajstić information content (AvgIpc) is 3.36. The van der Waals surface area contributed by atoms with E-state index in [0.717, 1.165) is 36.5 Å². The summed E-state index contributed by atoms with van der Waals surface area (Å²) in [6.07, 6.45) is 4.07. The third-order valence-corrected chi connectivity index (χ3v) is 4.70. The van der Waals surface area contributed by atoms with Crippen molar-refractivity contribution in [3.8, 4) is 11.8 Å². The molecule has 4 aromatic rings. The van der Waals surface area contributed by atoms with Gasteiger partial charge < -0.3 is 9.88 Å². The zero-order chi connectivity index (χ0) is 20.2. The molecule has 0 saturated heterocycles. The molecule has 7 heteroatoms. The van der Waals surface area contributed by atoms with E-state index < -0.39 is 0 Å². The molecule has 4 rings (SSSR count). The van der Waals surface area contributed by atoms with Gasteiger partial charge in [0.25, 0.3) is 0 Å². The largest absolute Gasteiger partial charge is 0.373 e. The van der Waals surface area contributed by atoms with E-state index in [1.165, 1.54) is 12.3 Å². The van der Waals surface area contributed by atoms with Crippen LogP contribution in [0, 0.1) is 17.7 Å². The van der Waals surface area contributed by atoms with E-state index in [1.807, 2.05) is 35.1 Å². The lowest BCUT2D eigenvalue weighted by Gasteiger charge is -2.19. The van der Waals surface area contributed by atoms with Gasteiger partial charge in [-0.15, -0.1) is 5.10 Å². The maximum Gasteiger partial charge on any atom is 0.142 e. The summed E-state index contributed by atoms with van der Waals surface area (Å²) in [6.45, 7) is 3.68. The number of hydrogen-bond acceptors (Lipinski definition) is 4. The van der Waals surface area contributed by atoms with Crippen molar-refractivity contribution in [2.24, 2.45) is 0 Å². The lowest BCUT2D eigenvalue weighted by molar-refractivity contribution is 0.587. The van der Waals surface area contributed by atoms with Crippen molar-refractivity contribution in [1.29, 1.82) is 0 Å². The van der Waals surface area contributed by atoms with Crippen LogP contribution in [0.3, 0.4) is 0 Å². The van der Waals surface area contributed by atoms with E-state index in [9.17, 15) is 4.39 Å². The second-order valence-electron chi connectivity index (χ2n) is 6.82. The molecule has 0 fully saturated rings. The number of anilines is 1. The van der Waals surface area contributed by atoms with Gasteiger partial charge >= 0.3 is 0 Å². The Morgan fingerprint density at radius 1 is 1.17 bits per heavy atom. The van der Waals surface area contributed by atoms with Gasteiger partial charge in [-0.25, -0.2) is 9.37 Å². The molecule has 0 radical (unpaired) electrons. The molecule has 146 valence electrons. The standard InChI is InChI=1S/C22H21FN6/c1-3-19-15-29(27-26-19)11-10-28(2)21-8-5-16(6-9-21)4-7-20-13-17-12-18(23)14-24-22(17)25-20/h5-6,8-9,12-15H,3,10-11H2,1-2H3,(H,24,25). The first-order chi connectivity index (χ1) is 14.1. The Morgan fingerprint density at radius 2 is 2.00 bits per heavy atom. The number of halogens is 1. The third-order valence-electron chi connectivity index (χ3n) is 4.70. The number of nitrogens with zero attached hydrogens (tertiary/aromatic N) is 5. The van der Waals surface area contributed by atoms with Crippen molar-refractivity contribution in [2.45, 2.75) is 19.9 Å². The van der Waals surface area contributed by atoms with E-state index >= 15 is 0 Å². The van der Waals surface area contributed by atoms with Crippen LogP contribution in [0.4, 0.5) is 10.1 Å².